The monoisotopic (exact) mass is 395 g/mol. The van der Waals surface area contributed by atoms with Crippen molar-refractivity contribution in [3.63, 3.8) is 0 Å². The van der Waals surface area contributed by atoms with Gasteiger partial charge in [-0.3, -0.25) is 9.69 Å². The molecule has 1 N–H and O–H groups in total. The van der Waals surface area contributed by atoms with Crippen LogP contribution in [0.25, 0.3) is 0 Å². The van der Waals surface area contributed by atoms with Crippen LogP contribution in [0.3, 0.4) is 0 Å². The maximum atomic E-state index is 13.0. The third-order valence-electron chi connectivity index (χ3n) is 4.75. The van der Waals surface area contributed by atoms with Gasteiger partial charge in [0.2, 0.25) is 0 Å². The number of alkyl halides is 3. The molecule has 8 heteroatoms. The first-order valence-corrected chi connectivity index (χ1v) is 9.02. The molecule has 0 radical (unpaired) electrons. The molecule has 2 aromatic carbocycles. The van der Waals surface area contributed by atoms with Crippen LogP contribution in [-0.2, 0) is 6.18 Å². The van der Waals surface area contributed by atoms with Crippen molar-refractivity contribution >= 4 is 11.6 Å². The molecule has 0 atom stereocenters. The van der Waals surface area contributed by atoms with E-state index in [2.05, 4.69) is 15.1 Å². The molecule has 28 heavy (non-hydrogen) atoms. The SMILES string of the molecule is O=C(NCCN1CCN(c2ccc(F)cc2)CC1)c1ccccc1C(F)(F)F. The second-order valence-corrected chi connectivity index (χ2v) is 6.60. The normalized spacial score (nSPS) is 15.5. The van der Waals surface area contributed by atoms with Crippen molar-refractivity contribution in [1.29, 1.82) is 0 Å². The average molecular weight is 395 g/mol. The van der Waals surface area contributed by atoms with E-state index in [1.54, 1.807) is 12.1 Å². The Balaban J connectivity index is 1.46. The first kappa shape index (κ1) is 20.1. The van der Waals surface area contributed by atoms with Crippen LogP contribution in [0.2, 0.25) is 0 Å². The van der Waals surface area contributed by atoms with Crippen molar-refractivity contribution in [3.05, 3.63) is 65.5 Å². The number of rotatable bonds is 5. The predicted octanol–water partition coefficient (Wildman–Crippen LogP) is 3.40. The highest BCUT2D eigenvalue weighted by atomic mass is 19.4. The molecule has 0 aromatic heterocycles. The zero-order valence-corrected chi connectivity index (χ0v) is 15.2. The fourth-order valence-electron chi connectivity index (χ4n) is 3.23. The highest BCUT2D eigenvalue weighted by molar-refractivity contribution is 5.95. The molecule has 1 heterocycles. The van der Waals surface area contributed by atoms with E-state index in [1.165, 1.54) is 30.3 Å². The van der Waals surface area contributed by atoms with E-state index in [0.717, 1.165) is 37.9 Å². The van der Waals surface area contributed by atoms with E-state index in [0.29, 0.717) is 6.54 Å². The summed E-state index contributed by atoms with van der Waals surface area (Å²) in [4.78, 5) is 16.4. The molecule has 0 spiro atoms. The molecule has 1 saturated heterocycles. The fraction of sp³-hybridized carbons (Fsp3) is 0.350. The van der Waals surface area contributed by atoms with Crippen LogP contribution in [0.15, 0.2) is 48.5 Å². The molecule has 0 bridgehead atoms. The molecule has 1 fully saturated rings. The number of carbonyl (C=O) groups is 1. The Kier molecular flexibility index (Phi) is 6.18. The van der Waals surface area contributed by atoms with Crippen LogP contribution < -0.4 is 10.2 Å². The molecule has 0 unspecified atom stereocenters. The van der Waals surface area contributed by atoms with Crippen molar-refractivity contribution in [3.8, 4) is 0 Å². The number of nitrogens with zero attached hydrogens (tertiary/aromatic N) is 2. The van der Waals surface area contributed by atoms with E-state index in [4.69, 9.17) is 0 Å². The highest BCUT2D eigenvalue weighted by Gasteiger charge is 2.34. The number of hydrogen-bond donors (Lipinski definition) is 1. The molecule has 4 nitrogen and oxygen atoms in total. The number of halogens is 4. The van der Waals surface area contributed by atoms with Gasteiger partial charge in [0.25, 0.3) is 5.91 Å². The Bertz CT molecular complexity index is 800. The van der Waals surface area contributed by atoms with Crippen LogP contribution >= 0.6 is 0 Å². The zero-order chi connectivity index (χ0) is 20.1. The summed E-state index contributed by atoms with van der Waals surface area (Å²) < 4.78 is 52.0. The van der Waals surface area contributed by atoms with Crippen molar-refractivity contribution in [2.75, 3.05) is 44.2 Å². The van der Waals surface area contributed by atoms with Crippen LogP contribution in [0, 0.1) is 5.82 Å². The van der Waals surface area contributed by atoms with E-state index >= 15 is 0 Å². The lowest BCUT2D eigenvalue weighted by atomic mass is 10.1. The van der Waals surface area contributed by atoms with Crippen molar-refractivity contribution < 1.29 is 22.4 Å². The first-order chi connectivity index (χ1) is 13.3. The second kappa shape index (κ2) is 8.60. The fourth-order valence-corrected chi connectivity index (χ4v) is 3.23. The van der Waals surface area contributed by atoms with Crippen LogP contribution in [0.4, 0.5) is 23.2 Å². The van der Waals surface area contributed by atoms with Crippen molar-refractivity contribution in [2.45, 2.75) is 6.18 Å². The molecule has 0 saturated carbocycles. The van der Waals surface area contributed by atoms with Gasteiger partial charge in [0, 0.05) is 45.0 Å². The number of hydrogen-bond acceptors (Lipinski definition) is 3. The predicted molar refractivity (Wildman–Crippen MR) is 98.8 cm³/mol. The molecule has 1 aliphatic heterocycles. The Morgan fingerprint density at radius 3 is 2.25 bits per heavy atom. The van der Waals surface area contributed by atoms with Gasteiger partial charge < -0.3 is 10.2 Å². The molecule has 3 rings (SSSR count). The number of benzene rings is 2. The van der Waals surface area contributed by atoms with E-state index in [1.807, 2.05) is 0 Å². The molecule has 150 valence electrons. The summed E-state index contributed by atoms with van der Waals surface area (Å²) in [5, 5.41) is 2.57. The van der Waals surface area contributed by atoms with Gasteiger partial charge >= 0.3 is 6.18 Å². The summed E-state index contributed by atoms with van der Waals surface area (Å²) in [7, 11) is 0. The van der Waals surface area contributed by atoms with Crippen LogP contribution in [-0.4, -0.2) is 50.1 Å². The summed E-state index contributed by atoms with van der Waals surface area (Å²) in [5.74, 6) is -0.997. The Hall–Kier alpha value is -2.61. The zero-order valence-electron chi connectivity index (χ0n) is 15.2. The molecule has 0 aliphatic carbocycles. The van der Waals surface area contributed by atoms with E-state index < -0.39 is 17.6 Å². The Morgan fingerprint density at radius 1 is 0.964 bits per heavy atom. The minimum Gasteiger partial charge on any atom is -0.369 e. The number of carbonyl (C=O) groups excluding carboxylic acids is 1. The number of piperazine rings is 1. The number of nitrogens with one attached hydrogen (secondary N) is 1. The highest BCUT2D eigenvalue weighted by Crippen LogP contribution is 2.31. The maximum Gasteiger partial charge on any atom is 0.417 e. The van der Waals surface area contributed by atoms with E-state index in [9.17, 15) is 22.4 Å². The molecular weight excluding hydrogens is 374 g/mol. The minimum absolute atomic E-state index is 0.265. The lowest BCUT2D eigenvalue weighted by molar-refractivity contribution is -0.137. The third kappa shape index (κ3) is 5.01. The summed E-state index contributed by atoms with van der Waals surface area (Å²) in [6.45, 7) is 3.85. The van der Waals surface area contributed by atoms with Crippen molar-refractivity contribution in [1.82, 2.24) is 10.2 Å². The molecule has 1 amide bonds. The van der Waals surface area contributed by atoms with Gasteiger partial charge in [-0.2, -0.15) is 13.2 Å². The number of amides is 1. The Morgan fingerprint density at radius 2 is 1.61 bits per heavy atom. The van der Waals surface area contributed by atoms with Gasteiger partial charge in [0.1, 0.15) is 5.82 Å². The molecular formula is C20H21F4N3O. The molecule has 2 aromatic rings. The van der Waals surface area contributed by atoms with Crippen molar-refractivity contribution in [2.24, 2.45) is 0 Å². The van der Waals surface area contributed by atoms with Gasteiger partial charge in [-0.25, -0.2) is 4.39 Å². The van der Waals surface area contributed by atoms with E-state index in [-0.39, 0.29) is 17.9 Å². The summed E-state index contributed by atoms with van der Waals surface area (Å²) in [5.41, 5.74) is -0.338. The standard InChI is InChI=1S/C20H21F4N3O/c21-15-5-7-16(8-6-15)27-13-11-26(12-14-27)10-9-25-19(28)17-3-1-2-4-18(17)20(22,23)24/h1-8H,9-14H2,(H,25,28). The Labute approximate surface area is 160 Å². The maximum absolute atomic E-state index is 13.0. The smallest absolute Gasteiger partial charge is 0.369 e. The average Bonchev–Trinajstić information content (AvgIpc) is 2.68. The van der Waals surface area contributed by atoms with Gasteiger partial charge in [-0.05, 0) is 36.4 Å². The third-order valence-corrected chi connectivity index (χ3v) is 4.75. The quantitative estimate of drug-likeness (QED) is 0.789. The topological polar surface area (TPSA) is 35.6 Å². The van der Waals surface area contributed by atoms with Gasteiger partial charge in [0.15, 0.2) is 0 Å². The molecule has 1 aliphatic rings. The number of anilines is 1. The lowest BCUT2D eigenvalue weighted by Crippen LogP contribution is -2.48. The summed E-state index contributed by atoms with van der Waals surface area (Å²) in [6, 6.07) is 11.1. The largest absolute Gasteiger partial charge is 0.417 e. The van der Waals surface area contributed by atoms with Crippen LogP contribution in [0.1, 0.15) is 15.9 Å². The van der Waals surface area contributed by atoms with Gasteiger partial charge in [-0.15, -0.1) is 0 Å². The summed E-state index contributed by atoms with van der Waals surface area (Å²) in [6.07, 6.45) is -4.56. The minimum atomic E-state index is -4.56. The van der Waals surface area contributed by atoms with Crippen LogP contribution in [0.5, 0.6) is 0 Å². The van der Waals surface area contributed by atoms with Gasteiger partial charge in [-0.1, -0.05) is 12.1 Å². The first-order valence-electron chi connectivity index (χ1n) is 9.02. The van der Waals surface area contributed by atoms with Gasteiger partial charge in [0.05, 0.1) is 11.1 Å². The lowest BCUT2D eigenvalue weighted by Gasteiger charge is -2.36. The second-order valence-electron chi connectivity index (χ2n) is 6.60. The summed E-state index contributed by atoms with van der Waals surface area (Å²) >= 11 is 0.